The van der Waals surface area contributed by atoms with Crippen molar-refractivity contribution in [3.63, 3.8) is 0 Å². The fourth-order valence-corrected chi connectivity index (χ4v) is 2.48. The number of hydrogen-bond donors (Lipinski definition) is 2. The lowest BCUT2D eigenvalue weighted by Gasteiger charge is -2.19. The van der Waals surface area contributed by atoms with E-state index in [4.69, 9.17) is 11.0 Å². The summed E-state index contributed by atoms with van der Waals surface area (Å²) in [7, 11) is 0. The molecule has 0 bridgehead atoms. The second-order valence-electron chi connectivity index (χ2n) is 5.26. The average Bonchev–Trinajstić information content (AvgIpc) is 3.16. The van der Waals surface area contributed by atoms with Crippen molar-refractivity contribution in [1.29, 1.82) is 5.26 Å². The van der Waals surface area contributed by atoms with E-state index < -0.39 is 0 Å². The number of anilines is 2. The Labute approximate surface area is 102 Å². The lowest BCUT2D eigenvalue weighted by molar-refractivity contribution is 0.568. The van der Waals surface area contributed by atoms with Crippen molar-refractivity contribution in [2.45, 2.75) is 31.7 Å². The van der Waals surface area contributed by atoms with E-state index in [0.29, 0.717) is 17.3 Å². The molecule has 88 valence electrons. The number of hydrogen-bond acceptors (Lipinski definition) is 3. The zero-order chi connectivity index (χ0) is 11.8. The molecule has 1 aromatic rings. The summed E-state index contributed by atoms with van der Waals surface area (Å²) in [5, 5.41) is 12.4. The van der Waals surface area contributed by atoms with Crippen LogP contribution in [0.5, 0.6) is 0 Å². The Morgan fingerprint density at radius 2 is 1.88 bits per heavy atom. The maximum Gasteiger partial charge on any atom is 0.101 e. The molecule has 0 amide bonds. The standard InChI is InChI=1S/C14H17N3/c15-8-11-5-6-12(7-13(11)16)17-14(9-1-2-9)10-3-4-10/h5-7,9-10,14,17H,1-4,16H2. The zero-order valence-corrected chi connectivity index (χ0v) is 9.82. The van der Waals surface area contributed by atoms with Crippen molar-refractivity contribution in [3.05, 3.63) is 23.8 Å². The molecule has 3 rings (SSSR count). The van der Waals surface area contributed by atoms with Gasteiger partial charge in [-0.1, -0.05) is 0 Å². The summed E-state index contributed by atoms with van der Waals surface area (Å²) in [6, 6.07) is 8.37. The predicted molar refractivity (Wildman–Crippen MR) is 68.4 cm³/mol. The van der Waals surface area contributed by atoms with Gasteiger partial charge in [-0.2, -0.15) is 5.26 Å². The van der Waals surface area contributed by atoms with E-state index in [2.05, 4.69) is 11.4 Å². The van der Waals surface area contributed by atoms with Crippen LogP contribution >= 0.6 is 0 Å². The molecule has 3 nitrogen and oxygen atoms in total. The summed E-state index contributed by atoms with van der Waals surface area (Å²) < 4.78 is 0. The summed E-state index contributed by atoms with van der Waals surface area (Å²) in [6.45, 7) is 0. The molecule has 0 heterocycles. The number of nitrogens with zero attached hydrogens (tertiary/aromatic N) is 1. The molecule has 17 heavy (non-hydrogen) atoms. The van der Waals surface area contributed by atoms with Crippen LogP contribution in [-0.4, -0.2) is 6.04 Å². The van der Waals surface area contributed by atoms with Gasteiger partial charge >= 0.3 is 0 Å². The molecule has 1 aromatic carbocycles. The van der Waals surface area contributed by atoms with Gasteiger partial charge in [0.05, 0.1) is 11.3 Å². The normalized spacial score (nSPS) is 19.1. The number of rotatable bonds is 4. The van der Waals surface area contributed by atoms with E-state index in [1.165, 1.54) is 25.7 Å². The fraction of sp³-hybridized carbons (Fsp3) is 0.500. The third-order valence-electron chi connectivity index (χ3n) is 3.77. The van der Waals surface area contributed by atoms with Gasteiger partial charge in [0.1, 0.15) is 6.07 Å². The van der Waals surface area contributed by atoms with E-state index in [9.17, 15) is 0 Å². The van der Waals surface area contributed by atoms with Gasteiger partial charge in [-0.25, -0.2) is 0 Å². The Morgan fingerprint density at radius 1 is 1.24 bits per heavy atom. The van der Waals surface area contributed by atoms with Gasteiger partial charge in [-0.15, -0.1) is 0 Å². The summed E-state index contributed by atoms with van der Waals surface area (Å²) in [6.07, 6.45) is 5.44. The van der Waals surface area contributed by atoms with Crippen LogP contribution in [0, 0.1) is 23.2 Å². The van der Waals surface area contributed by atoms with E-state index in [0.717, 1.165) is 17.5 Å². The molecule has 2 fully saturated rings. The first kappa shape index (κ1) is 10.5. The summed E-state index contributed by atoms with van der Waals surface area (Å²) in [4.78, 5) is 0. The van der Waals surface area contributed by atoms with E-state index in [1.807, 2.05) is 12.1 Å². The van der Waals surface area contributed by atoms with Crippen molar-refractivity contribution in [3.8, 4) is 6.07 Å². The van der Waals surface area contributed by atoms with Crippen LogP contribution in [0.15, 0.2) is 18.2 Å². The highest BCUT2D eigenvalue weighted by Crippen LogP contribution is 2.45. The van der Waals surface area contributed by atoms with Gasteiger partial charge in [0.15, 0.2) is 0 Å². The number of benzene rings is 1. The van der Waals surface area contributed by atoms with Crippen molar-refractivity contribution < 1.29 is 0 Å². The van der Waals surface area contributed by atoms with Gasteiger partial charge < -0.3 is 11.1 Å². The molecular weight excluding hydrogens is 210 g/mol. The Morgan fingerprint density at radius 3 is 2.35 bits per heavy atom. The molecule has 2 aliphatic rings. The van der Waals surface area contributed by atoms with Crippen LogP contribution in [0.4, 0.5) is 11.4 Å². The number of nitrogens with two attached hydrogens (primary N) is 1. The molecule has 2 saturated carbocycles. The van der Waals surface area contributed by atoms with Crippen LogP contribution in [-0.2, 0) is 0 Å². The van der Waals surface area contributed by atoms with Gasteiger partial charge in [0, 0.05) is 11.7 Å². The molecule has 0 spiro atoms. The Kier molecular flexibility index (Phi) is 2.44. The molecule has 3 N–H and O–H groups in total. The minimum Gasteiger partial charge on any atom is -0.398 e. The quantitative estimate of drug-likeness (QED) is 0.777. The molecule has 0 saturated heterocycles. The molecule has 2 aliphatic carbocycles. The Hall–Kier alpha value is -1.69. The topological polar surface area (TPSA) is 61.8 Å². The van der Waals surface area contributed by atoms with E-state index in [1.54, 1.807) is 6.07 Å². The van der Waals surface area contributed by atoms with Gasteiger partial charge in [-0.05, 0) is 55.7 Å². The third kappa shape index (κ3) is 2.21. The highest BCUT2D eigenvalue weighted by Gasteiger charge is 2.41. The number of nitriles is 1. The van der Waals surface area contributed by atoms with Crippen LogP contribution < -0.4 is 11.1 Å². The van der Waals surface area contributed by atoms with Gasteiger partial charge in [-0.3, -0.25) is 0 Å². The average molecular weight is 227 g/mol. The SMILES string of the molecule is N#Cc1ccc(NC(C2CC2)C2CC2)cc1N. The Bertz CT molecular complexity index is 455. The first-order valence-electron chi connectivity index (χ1n) is 6.34. The third-order valence-corrected chi connectivity index (χ3v) is 3.77. The summed E-state index contributed by atoms with van der Waals surface area (Å²) in [5.74, 6) is 1.72. The highest BCUT2D eigenvalue weighted by atomic mass is 15.0. The van der Waals surface area contributed by atoms with Crippen molar-refractivity contribution in [2.75, 3.05) is 11.1 Å². The van der Waals surface area contributed by atoms with E-state index >= 15 is 0 Å². The molecule has 3 heteroatoms. The zero-order valence-electron chi connectivity index (χ0n) is 9.82. The minimum atomic E-state index is 0.560. The number of nitrogens with one attached hydrogen (secondary N) is 1. The smallest absolute Gasteiger partial charge is 0.101 e. The second kappa shape index (κ2) is 3.96. The summed E-state index contributed by atoms with van der Waals surface area (Å²) >= 11 is 0. The number of nitrogen functional groups attached to an aromatic ring is 1. The second-order valence-corrected chi connectivity index (χ2v) is 5.26. The predicted octanol–water partition coefficient (Wildman–Crippen LogP) is 2.74. The van der Waals surface area contributed by atoms with Crippen molar-refractivity contribution >= 4 is 11.4 Å². The van der Waals surface area contributed by atoms with Crippen molar-refractivity contribution in [1.82, 2.24) is 0 Å². The van der Waals surface area contributed by atoms with Crippen LogP contribution in [0.1, 0.15) is 31.2 Å². The highest BCUT2D eigenvalue weighted by molar-refractivity contribution is 5.63. The van der Waals surface area contributed by atoms with Crippen LogP contribution in [0.25, 0.3) is 0 Å². The molecule has 0 unspecified atom stereocenters. The summed E-state index contributed by atoms with van der Waals surface area (Å²) in [5.41, 5.74) is 8.02. The van der Waals surface area contributed by atoms with Crippen LogP contribution in [0.3, 0.4) is 0 Å². The maximum atomic E-state index is 8.84. The van der Waals surface area contributed by atoms with Gasteiger partial charge in [0.2, 0.25) is 0 Å². The molecule has 0 radical (unpaired) electrons. The van der Waals surface area contributed by atoms with Crippen molar-refractivity contribution in [2.24, 2.45) is 11.8 Å². The first-order chi connectivity index (χ1) is 8.28. The lowest BCUT2D eigenvalue weighted by atomic mass is 10.1. The monoisotopic (exact) mass is 227 g/mol. The first-order valence-corrected chi connectivity index (χ1v) is 6.34. The maximum absolute atomic E-state index is 8.84. The minimum absolute atomic E-state index is 0.560. The van der Waals surface area contributed by atoms with E-state index in [-0.39, 0.29) is 0 Å². The Balaban J connectivity index is 1.75. The van der Waals surface area contributed by atoms with Gasteiger partial charge in [0.25, 0.3) is 0 Å². The largest absolute Gasteiger partial charge is 0.398 e. The molecule has 0 aliphatic heterocycles. The molecule has 0 aromatic heterocycles. The van der Waals surface area contributed by atoms with Crippen LogP contribution in [0.2, 0.25) is 0 Å². The fourth-order valence-electron chi connectivity index (χ4n) is 2.48. The molecule has 0 atom stereocenters. The lowest BCUT2D eigenvalue weighted by Crippen LogP contribution is -2.24. The molecular formula is C14H17N3.